The van der Waals surface area contributed by atoms with Gasteiger partial charge in [-0.3, -0.25) is 10.1 Å². The van der Waals surface area contributed by atoms with E-state index in [9.17, 15) is 14.0 Å². The highest BCUT2D eigenvalue weighted by Gasteiger charge is 2.20. The molecule has 0 spiro atoms. The molecule has 26 heavy (non-hydrogen) atoms. The van der Waals surface area contributed by atoms with Crippen LogP contribution in [0.25, 0.3) is 11.3 Å². The second-order valence-corrected chi connectivity index (χ2v) is 6.31. The largest absolute Gasteiger partial charge is 0.449 e. The second kappa shape index (κ2) is 7.88. The molecule has 0 aliphatic rings. The predicted octanol–water partition coefficient (Wildman–Crippen LogP) is 4.13. The zero-order valence-electron chi connectivity index (χ0n) is 13.8. The number of nitrogens with one attached hydrogen (secondary N) is 1. The lowest BCUT2D eigenvalue weighted by Crippen LogP contribution is -2.29. The van der Waals surface area contributed by atoms with Crippen molar-refractivity contribution in [1.82, 2.24) is 4.98 Å². The molecule has 1 amide bonds. The first-order valence-electron chi connectivity index (χ1n) is 7.81. The molecule has 132 valence electrons. The summed E-state index contributed by atoms with van der Waals surface area (Å²) in [5, 5.41) is 4.88. The van der Waals surface area contributed by atoms with Crippen LogP contribution in [0, 0.1) is 5.82 Å². The van der Waals surface area contributed by atoms with Crippen LogP contribution in [-0.2, 0) is 9.53 Å². The maximum Gasteiger partial charge on any atom is 0.338 e. The van der Waals surface area contributed by atoms with Gasteiger partial charge in [0.1, 0.15) is 5.82 Å². The summed E-state index contributed by atoms with van der Waals surface area (Å²) in [6.45, 7) is 1.46. The van der Waals surface area contributed by atoms with E-state index in [-0.39, 0.29) is 5.56 Å². The average molecular weight is 370 g/mol. The summed E-state index contributed by atoms with van der Waals surface area (Å²) in [4.78, 5) is 28.5. The number of esters is 1. The molecule has 0 radical (unpaired) electrons. The molecule has 1 N–H and O–H groups in total. The highest BCUT2D eigenvalue weighted by atomic mass is 32.1. The first kappa shape index (κ1) is 17.8. The molecular formula is C19H15FN2O3S. The summed E-state index contributed by atoms with van der Waals surface area (Å²) < 4.78 is 18.0. The summed E-state index contributed by atoms with van der Waals surface area (Å²) in [7, 11) is 0. The minimum Gasteiger partial charge on any atom is -0.449 e. The van der Waals surface area contributed by atoms with E-state index >= 15 is 0 Å². The van der Waals surface area contributed by atoms with Crippen LogP contribution in [0.2, 0.25) is 0 Å². The number of ether oxygens (including phenoxy) is 1. The molecule has 3 rings (SSSR count). The number of hydrogen-bond donors (Lipinski definition) is 1. The lowest BCUT2D eigenvalue weighted by molar-refractivity contribution is -0.123. The lowest BCUT2D eigenvalue weighted by Gasteiger charge is -2.12. The highest BCUT2D eigenvalue weighted by molar-refractivity contribution is 7.14. The van der Waals surface area contributed by atoms with E-state index in [1.54, 1.807) is 0 Å². The van der Waals surface area contributed by atoms with E-state index in [1.807, 2.05) is 35.7 Å². The summed E-state index contributed by atoms with van der Waals surface area (Å²) >= 11 is 1.28. The fourth-order valence-electron chi connectivity index (χ4n) is 2.15. The number of amides is 1. The number of rotatable bonds is 5. The van der Waals surface area contributed by atoms with Crippen LogP contribution in [0.3, 0.4) is 0 Å². The molecule has 3 aromatic rings. The van der Waals surface area contributed by atoms with E-state index in [2.05, 4.69) is 10.3 Å². The molecule has 2 aromatic carbocycles. The Morgan fingerprint density at radius 1 is 1.12 bits per heavy atom. The summed E-state index contributed by atoms with van der Waals surface area (Å²) in [6.07, 6.45) is -1.02. The predicted molar refractivity (Wildman–Crippen MR) is 97.5 cm³/mol. The van der Waals surface area contributed by atoms with Crippen LogP contribution >= 0.6 is 11.3 Å². The van der Waals surface area contributed by atoms with Gasteiger partial charge in [0.05, 0.1) is 11.3 Å². The number of carbonyl (C=O) groups is 2. The molecule has 0 aliphatic carbocycles. The fourth-order valence-corrected chi connectivity index (χ4v) is 2.87. The van der Waals surface area contributed by atoms with Crippen LogP contribution in [0.15, 0.2) is 60.0 Å². The van der Waals surface area contributed by atoms with Crippen LogP contribution in [0.1, 0.15) is 17.3 Å². The number of halogens is 1. The van der Waals surface area contributed by atoms with Crippen molar-refractivity contribution in [3.8, 4) is 11.3 Å². The van der Waals surface area contributed by atoms with Crippen molar-refractivity contribution in [3.63, 3.8) is 0 Å². The zero-order chi connectivity index (χ0) is 18.5. The third-order valence-corrected chi connectivity index (χ3v) is 4.29. The van der Waals surface area contributed by atoms with Gasteiger partial charge in [-0.2, -0.15) is 0 Å². The third kappa shape index (κ3) is 4.31. The molecule has 0 bridgehead atoms. The molecule has 5 nitrogen and oxygen atoms in total. The van der Waals surface area contributed by atoms with Crippen molar-refractivity contribution in [2.45, 2.75) is 13.0 Å². The number of hydrogen-bond acceptors (Lipinski definition) is 5. The van der Waals surface area contributed by atoms with Gasteiger partial charge < -0.3 is 4.74 Å². The topological polar surface area (TPSA) is 68.3 Å². The Hall–Kier alpha value is -3.06. The van der Waals surface area contributed by atoms with Crippen LogP contribution in [-0.4, -0.2) is 23.0 Å². The first-order valence-corrected chi connectivity index (χ1v) is 8.69. The normalized spacial score (nSPS) is 11.6. The molecule has 1 atom stereocenters. The van der Waals surface area contributed by atoms with E-state index in [0.717, 1.165) is 23.4 Å². The van der Waals surface area contributed by atoms with Crippen molar-refractivity contribution in [3.05, 3.63) is 71.4 Å². The average Bonchev–Trinajstić information content (AvgIpc) is 3.11. The smallest absolute Gasteiger partial charge is 0.338 e. The zero-order valence-corrected chi connectivity index (χ0v) is 14.6. The number of thiazole rings is 1. The molecule has 1 heterocycles. The number of benzene rings is 2. The van der Waals surface area contributed by atoms with E-state index < -0.39 is 23.8 Å². The molecule has 7 heteroatoms. The highest BCUT2D eigenvalue weighted by Crippen LogP contribution is 2.24. The number of anilines is 1. The van der Waals surface area contributed by atoms with Crippen molar-refractivity contribution in [1.29, 1.82) is 0 Å². The molecular weight excluding hydrogens is 355 g/mol. The second-order valence-electron chi connectivity index (χ2n) is 5.45. The molecule has 0 unspecified atom stereocenters. The Kier molecular flexibility index (Phi) is 5.38. The van der Waals surface area contributed by atoms with E-state index in [0.29, 0.717) is 5.13 Å². The van der Waals surface area contributed by atoms with Crippen molar-refractivity contribution >= 4 is 28.3 Å². The van der Waals surface area contributed by atoms with Crippen LogP contribution in [0.5, 0.6) is 0 Å². The lowest BCUT2D eigenvalue weighted by atomic mass is 10.2. The maximum absolute atomic E-state index is 12.9. The monoisotopic (exact) mass is 370 g/mol. The number of aromatic nitrogens is 1. The summed E-state index contributed by atoms with van der Waals surface area (Å²) in [6, 6.07) is 14.5. The van der Waals surface area contributed by atoms with Gasteiger partial charge >= 0.3 is 5.97 Å². The van der Waals surface area contributed by atoms with E-state index in [4.69, 9.17) is 4.74 Å². The quantitative estimate of drug-likeness (QED) is 0.686. The first-order chi connectivity index (χ1) is 12.5. The van der Waals surface area contributed by atoms with Crippen LogP contribution in [0.4, 0.5) is 9.52 Å². The Labute approximate surface area is 153 Å². The fraction of sp³-hybridized carbons (Fsp3) is 0.105. The van der Waals surface area contributed by atoms with Crippen molar-refractivity contribution in [2.24, 2.45) is 0 Å². The molecule has 0 saturated heterocycles. The van der Waals surface area contributed by atoms with E-state index in [1.165, 1.54) is 30.4 Å². The van der Waals surface area contributed by atoms with Gasteiger partial charge in [0, 0.05) is 10.9 Å². The van der Waals surface area contributed by atoms with Gasteiger partial charge in [-0.1, -0.05) is 30.3 Å². The Bertz CT molecular complexity index is 910. The van der Waals surface area contributed by atoms with Crippen LogP contribution < -0.4 is 5.32 Å². The molecule has 0 saturated carbocycles. The van der Waals surface area contributed by atoms with Crippen molar-refractivity contribution < 1.29 is 18.7 Å². The maximum atomic E-state index is 12.9. The summed E-state index contributed by atoms with van der Waals surface area (Å²) in [5.41, 5.74) is 1.87. The van der Waals surface area contributed by atoms with Gasteiger partial charge in [0.15, 0.2) is 11.2 Å². The number of nitrogens with zero attached hydrogens (tertiary/aromatic N) is 1. The third-order valence-electron chi connectivity index (χ3n) is 3.54. The minimum absolute atomic E-state index is 0.173. The van der Waals surface area contributed by atoms with Gasteiger partial charge in [0.25, 0.3) is 5.91 Å². The van der Waals surface area contributed by atoms with Gasteiger partial charge in [-0.25, -0.2) is 14.2 Å². The van der Waals surface area contributed by atoms with Gasteiger partial charge in [-0.15, -0.1) is 11.3 Å². The Balaban J connectivity index is 1.60. The Morgan fingerprint density at radius 3 is 2.50 bits per heavy atom. The molecule has 0 aliphatic heterocycles. The minimum atomic E-state index is -1.02. The summed E-state index contributed by atoms with van der Waals surface area (Å²) in [5.74, 6) is -1.64. The van der Waals surface area contributed by atoms with Crippen molar-refractivity contribution in [2.75, 3.05) is 5.32 Å². The SMILES string of the molecule is C[C@@H](OC(=O)c1ccc(F)cc1)C(=O)Nc1nc(-c2ccccc2)cs1. The Morgan fingerprint density at radius 2 is 1.81 bits per heavy atom. The molecule has 1 aromatic heterocycles. The standard InChI is InChI=1S/C19H15FN2O3S/c1-12(25-18(24)14-7-9-15(20)10-8-14)17(23)22-19-21-16(11-26-19)13-5-3-2-4-6-13/h2-12H,1H3,(H,21,22,23)/t12-/m1/s1. The van der Waals surface area contributed by atoms with Gasteiger partial charge in [0.2, 0.25) is 0 Å². The molecule has 0 fully saturated rings. The number of carbonyl (C=O) groups excluding carboxylic acids is 2. The van der Waals surface area contributed by atoms with Gasteiger partial charge in [-0.05, 0) is 31.2 Å².